The summed E-state index contributed by atoms with van der Waals surface area (Å²) >= 11 is 0. The summed E-state index contributed by atoms with van der Waals surface area (Å²) in [5.41, 5.74) is 1.57. The molecular weight excluding hydrogens is 430 g/mol. The number of likely N-dealkylation sites (tertiary alicyclic amines) is 1. The average Bonchev–Trinajstić information content (AvgIpc) is 3.61. The molecule has 3 aliphatic rings. The molecule has 7 heteroatoms. The number of anilines is 1. The minimum atomic E-state index is -1.18. The second kappa shape index (κ2) is 8.78. The van der Waals surface area contributed by atoms with Gasteiger partial charge in [0.2, 0.25) is 0 Å². The fourth-order valence-electron chi connectivity index (χ4n) is 5.56. The van der Waals surface area contributed by atoms with Crippen molar-refractivity contribution in [3.8, 4) is 0 Å². The van der Waals surface area contributed by atoms with Gasteiger partial charge in [0, 0.05) is 31.2 Å². The van der Waals surface area contributed by atoms with Crippen LogP contribution in [0.5, 0.6) is 0 Å². The molecular formula is C27H31N3O4. The maximum atomic E-state index is 14.1. The Hall–Kier alpha value is -3.35. The second-order valence-corrected chi connectivity index (χ2v) is 9.66. The van der Waals surface area contributed by atoms with Crippen LogP contribution in [0.15, 0.2) is 54.6 Å². The van der Waals surface area contributed by atoms with Crippen molar-refractivity contribution in [2.45, 2.75) is 44.7 Å². The minimum absolute atomic E-state index is 0.121. The Morgan fingerprint density at radius 1 is 1.09 bits per heavy atom. The monoisotopic (exact) mass is 461 g/mol. The van der Waals surface area contributed by atoms with Crippen molar-refractivity contribution in [3.05, 3.63) is 65.7 Å². The quantitative estimate of drug-likeness (QED) is 0.666. The molecule has 2 fully saturated rings. The summed E-state index contributed by atoms with van der Waals surface area (Å²) in [7, 11) is 0. The van der Waals surface area contributed by atoms with E-state index >= 15 is 0 Å². The Morgan fingerprint density at radius 2 is 1.79 bits per heavy atom. The number of hydrogen-bond donors (Lipinski definition) is 1. The van der Waals surface area contributed by atoms with Gasteiger partial charge < -0.3 is 19.9 Å². The van der Waals surface area contributed by atoms with Gasteiger partial charge in [0.1, 0.15) is 5.54 Å². The number of carbonyl (C=O) groups is 3. The highest BCUT2D eigenvalue weighted by molar-refractivity contribution is 6.07. The molecule has 2 aliphatic heterocycles. The highest BCUT2D eigenvalue weighted by Crippen LogP contribution is 2.53. The maximum absolute atomic E-state index is 14.1. The number of para-hydroxylation sites is 1. The Balaban J connectivity index is 1.53. The molecule has 1 saturated heterocycles. The zero-order valence-corrected chi connectivity index (χ0v) is 19.7. The number of hydrogen-bond acceptors (Lipinski definition) is 4. The summed E-state index contributed by atoms with van der Waals surface area (Å²) in [5, 5.41) is 2.97. The van der Waals surface area contributed by atoms with Crippen molar-refractivity contribution in [1.82, 2.24) is 10.2 Å². The summed E-state index contributed by atoms with van der Waals surface area (Å²) in [6.07, 6.45) is 2.22. The standard InChI is InChI=1S/C27H31N3O4/c1-3-34-24(31)21-17-30(26(33)28-15-18-9-5-4-6-10-18)27(2)23(21)20-11-7-8-12-22(20)29(25(27)32)16-19-13-14-19/h4-12,19,21,23H,3,13-17H2,1-2H3,(H,28,33)/t21-,23+,27-/m0/s1. The van der Waals surface area contributed by atoms with Gasteiger partial charge in [-0.3, -0.25) is 9.59 Å². The van der Waals surface area contributed by atoms with E-state index in [2.05, 4.69) is 5.32 Å². The SMILES string of the molecule is CCOC(=O)[C@H]1CN(C(=O)NCc2ccccc2)[C@]2(C)C(=O)N(CC3CC3)c3ccccc3[C@H]12. The number of nitrogens with one attached hydrogen (secondary N) is 1. The maximum Gasteiger partial charge on any atom is 0.318 e. The van der Waals surface area contributed by atoms with E-state index in [4.69, 9.17) is 4.74 Å². The van der Waals surface area contributed by atoms with E-state index in [1.807, 2.05) is 66.4 Å². The number of amides is 3. The summed E-state index contributed by atoms with van der Waals surface area (Å²) < 4.78 is 5.41. The normalized spacial score (nSPS) is 25.5. The smallest absolute Gasteiger partial charge is 0.318 e. The van der Waals surface area contributed by atoms with Crippen LogP contribution in [-0.2, 0) is 20.9 Å². The van der Waals surface area contributed by atoms with Gasteiger partial charge in [-0.1, -0.05) is 48.5 Å². The number of benzene rings is 2. The Bertz CT molecular complexity index is 1100. The van der Waals surface area contributed by atoms with Gasteiger partial charge in [-0.25, -0.2) is 4.79 Å². The molecule has 3 amide bonds. The molecule has 0 unspecified atom stereocenters. The van der Waals surface area contributed by atoms with E-state index in [0.29, 0.717) is 19.0 Å². The molecule has 2 aromatic rings. The van der Waals surface area contributed by atoms with Crippen molar-refractivity contribution in [2.75, 3.05) is 24.6 Å². The van der Waals surface area contributed by atoms with Gasteiger partial charge in [0.25, 0.3) is 5.91 Å². The Labute approximate surface area is 200 Å². The lowest BCUT2D eigenvalue weighted by atomic mass is 9.72. The highest BCUT2D eigenvalue weighted by atomic mass is 16.5. The van der Waals surface area contributed by atoms with Crippen LogP contribution in [0.1, 0.15) is 43.7 Å². The molecule has 2 aromatic carbocycles. The van der Waals surface area contributed by atoms with Crippen LogP contribution in [0.2, 0.25) is 0 Å². The van der Waals surface area contributed by atoms with Gasteiger partial charge in [-0.05, 0) is 49.8 Å². The minimum Gasteiger partial charge on any atom is -0.466 e. The number of fused-ring (bicyclic) bond motifs is 3. The Morgan fingerprint density at radius 3 is 2.50 bits per heavy atom. The second-order valence-electron chi connectivity index (χ2n) is 9.66. The highest BCUT2D eigenvalue weighted by Gasteiger charge is 2.64. The zero-order chi connectivity index (χ0) is 23.9. The van der Waals surface area contributed by atoms with Crippen LogP contribution in [0, 0.1) is 11.8 Å². The largest absolute Gasteiger partial charge is 0.466 e. The summed E-state index contributed by atoms with van der Waals surface area (Å²) in [6.45, 7) is 4.96. The molecule has 3 atom stereocenters. The topological polar surface area (TPSA) is 79.0 Å². The molecule has 0 bridgehead atoms. The lowest BCUT2D eigenvalue weighted by Gasteiger charge is -2.46. The number of rotatable bonds is 6. The number of ether oxygens (including phenoxy) is 1. The van der Waals surface area contributed by atoms with Gasteiger partial charge >= 0.3 is 12.0 Å². The molecule has 0 radical (unpaired) electrons. The predicted molar refractivity (Wildman–Crippen MR) is 128 cm³/mol. The summed E-state index contributed by atoms with van der Waals surface area (Å²) in [6, 6.07) is 17.1. The number of urea groups is 1. The molecule has 1 N–H and O–H groups in total. The van der Waals surface area contributed by atoms with E-state index in [-0.39, 0.29) is 31.1 Å². The number of carbonyl (C=O) groups excluding carboxylic acids is 3. The third kappa shape index (κ3) is 3.73. The Kier molecular flexibility index (Phi) is 5.80. The van der Waals surface area contributed by atoms with Crippen LogP contribution < -0.4 is 10.2 Å². The molecule has 2 heterocycles. The van der Waals surface area contributed by atoms with E-state index in [1.165, 1.54) is 0 Å². The van der Waals surface area contributed by atoms with Crippen LogP contribution >= 0.6 is 0 Å². The number of nitrogens with zero attached hydrogens (tertiary/aromatic N) is 2. The van der Waals surface area contributed by atoms with Crippen molar-refractivity contribution >= 4 is 23.6 Å². The average molecular weight is 462 g/mol. The van der Waals surface area contributed by atoms with Gasteiger partial charge in [0.15, 0.2) is 0 Å². The molecule has 34 heavy (non-hydrogen) atoms. The lowest BCUT2D eigenvalue weighted by Crippen LogP contribution is -2.63. The predicted octanol–water partition coefficient (Wildman–Crippen LogP) is 3.69. The number of esters is 1. The van der Waals surface area contributed by atoms with Crippen LogP contribution in [-0.4, -0.2) is 48.0 Å². The third-order valence-corrected chi connectivity index (χ3v) is 7.45. The summed E-state index contributed by atoms with van der Waals surface area (Å²) in [5.74, 6) is -1.08. The van der Waals surface area contributed by atoms with Crippen LogP contribution in [0.4, 0.5) is 10.5 Å². The fourth-order valence-corrected chi connectivity index (χ4v) is 5.56. The van der Waals surface area contributed by atoms with Gasteiger partial charge in [-0.2, -0.15) is 0 Å². The van der Waals surface area contributed by atoms with Gasteiger partial charge in [-0.15, -0.1) is 0 Å². The molecule has 0 aromatic heterocycles. The lowest BCUT2D eigenvalue weighted by molar-refractivity contribution is -0.148. The first kappa shape index (κ1) is 22.4. The molecule has 1 saturated carbocycles. The van der Waals surface area contributed by atoms with E-state index in [1.54, 1.807) is 11.8 Å². The van der Waals surface area contributed by atoms with E-state index < -0.39 is 17.4 Å². The van der Waals surface area contributed by atoms with Crippen molar-refractivity contribution < 1.29 is 19.1 Å². The fraction of sp³-hybridized carbons (Fsp3) is 0.444. The van der Waals surface area contributed by atoms with Crippen molar-refractivity contribution in [1.29, 1.82) is 0 Å². The van der Waals surface area contributed by atoms with Crippen molar-refractivity contribution in [3.63, 3.8) is 0 Å². The third-order valence-electron chi connectivity index (χ3n) is 7.45. The first-order chi connectivity index (χ1) is 16.4. The van der Waals surface area contributed by atoms with E-state index in [9.17, 15) is 14.4 Å². The summed E-state index contributed by atoms with van der Waals surface area (Å²) in [4.78, 5) is 44.1. The molecule has 1 aliphatic carbocycles. The zero-order valence-electron chi connectivity index (χ0n) is 19.7. The molecule has 178 valence electrons. The van der Waals surface area contributed by atoms with E-state index in [0.717, 1.165) is 29.7 Å². The first-order valence-electron chi connectivity index (χ1n) is 12.1. The van der Waals surface area contributed by atoms with Crippen LogP contribution in [0.25, 0.3) is 0 Å². The molecule has 5 rings (SSSR count). The molecule has 0 spiro atoms. The first-order valence-corrected chi connectivity index (χ1v) is 12.1. The van der Waals surface area contributed by atoms with Crippen molar-refractivity contribution in [2.24, 2.45) is 11.8 Å². The van der Waals surface area contributed by atoms with Crippen LogP contribution in [0.3, 0.4) is 0 Å². The molecule has 7 nitrogen and oxygen atoms in total. The van der Waals surface area contributed by atoms with Gasteiger partial charge in [0.05, 0.1) is 12.5 Å².